The van der Waals surface area contributed by atoms with Gasteiger partial charge in [-0.3, -0.25) is 4.79 Å². The summed E-state index contributed by atoms with van der Waals surface area (Å²) in [5.41, 5.74) is 5.25. The van der Waals surface area contributed by atoms with Crippen LogP contribution in [0, 0.1) is 5.92 Å². The predicted octanol–water partition coefficient (Wildman–Crippen LogP) is 6.10. The molecule has 0 bridgehead atoms. The fourth-order valence-electron chi connectivity index (χ4n) is 4.56. The van der Waals surface area contributed by atoms with Gasteiger partial charge < -0.3 is 4.57 Å². The van der Waals surface area contributed by atoms with Gasteiger partial charge in [0.25, 0.3) is 0 Å². The van der Waals surface area contributed by atoms with Gasteiger partial charge in [0.05, 0.1) is 0 Å². The third kappa shape index (κ3) is 3.21. The van der Waals surface area contributed by atoms with Gasteiger partial charge in [0.15, 0.2) is 0 Å². The summed E-state index contributed by atoms with van der Waals surface area (Å²) in [7, 11) is 2.15. The molecule has 1 aliphatic carbocycles. The Morgan fingerprint density at radius 1 is 0.962 bits per heavy atom. The smallest absolute Gasteiger partial charge is 0.132 e. The quantitative estimate of drug-likeness (QED) is 0.526. The van der Waals surface area contributed by atoms with Crippen molar-refractivity contribution < 1.29 is 4.79 Å². The van der Waals surface area contributed by atoms with E-state index in [1.54, 1.807) is 6.92 Å². The fraction of sp³-hybridized carbons (Fsp3) is 0.375. The van der Waals surface area contributed by atoms with E-state index in [0.29, 0.717) is 11.7 Å². The molecule has 4 rings (SSSR count). The van der Waals surface area contributed by atoms with Crippen LogP contribution in [0.5, 0.6) is 0 Å². The highest BCUT2D eigenvalue weighted by molar-refractivity contribution is 5.87. The maximum absolute atomic E-state index is 11.8. The van der Waals surface area contributed by atoms with Crippen molar-refractivity contribution in [1.82, 2.24) is 4.57 Å². The summed E-state index contributed by atoms with van der Waals surface area (Å²) < 4.78 is 2.29. The molecular formula is C24H27NO. The van der Waals surface area contributed by atoms with Crippen molar-refractivity contribution in [2.45, 2.75) is 44.9 Å². The van der Waals surface area contributed by atoms with Gasteiger partial charge in [-0.25, -0.2) is 0 Å². The van der Waals surface area contributed by atoms with E-state index in [1.807, 2.05) is 0 Å². The molecule has 3 aromatic rings. The standard InChI is InChI=1S/C24H27NO/c1-17(26)18-8-5-9-19(14-13-18)20-10-6-11-21(15-20)24-16-22-7-3-4-12-23(22)25(24)2/h3-4,6-7,10-12,15-16,18-19H,5,8-9,13-14H2,1-2H3. The van der Waals surface area contributed by atoms with Gasteiger partial charge in [0, 0.05) is 29.6 Å². The van der Waals surface area contributed by atoms with E-state index < -0.39 is 0 Å². The van der Waals surface area contributed by atoms with Crippen LogP contribution in [0.3, 0.4) is 0 Å². The van der Waals surface area contributed by atoms with Crippen molar-refractivity contribution in [1.29, 1.82) is 0 Å². The Hall–Kier alpha value is -2.35. The zero-order valence-electron chi connectivity index (χ0n) is 15.7. The van der Waals surface area contributed by atoms with Crippen molar-refractivity contribution in [2.75, 3.05) is 0 Å². The van der Waals surface area contributed by atoms with Crippen molar-refractivity contribution in [3.05, 3.63) is 60.2 Å². The molecule has 1 aliphatic rings. The molecule has 134 valence electrons. The number of hydrogen-bond donors (Lipinski definition) is 0. The molecule has 0 amide bonds. The number of rotatable bonds is 3. The highest BCUT2D eigenvalue weighted by Crippen LogP contribution is 2.36. The Kier molecular flexibility index (Phi) is 4.67. The summed E-state index contributed by atoms with van der Waals surface area (Å²) in [6, 6.07) is 19.9. The second-order valence-electron chi connectivity index (χ2n) is 7.79. The zero-order valence-corrected chi connectivity index (χ0v) is 15.7. The molecule has 1 fully saturated rings. The lowest BCUT2D eigenvalue weighted by Crippen LogP contribution is -2.09. The van der Waals surface area contributed by atoms with Crippen LogP contribution in [0.4, 0.5) is 0 Å². The van der Waals surface area contributed by atoms with E-state index in [1.165, 1.54) is 34.1 Å². The molecule has 2 unspecified atom stereocenters. The third-order valence-corrected chi connectivity index (χ3v) is 6.15. The predicted molar refractivity (Wildman–Crippen MR) is 108 cm³/mol. The van der Waals surface area contributed by atoms with Crippen molar-refractivity contribution in [2.24, 2.45) is 13.0 Å². The van der Waals surface area contributed by atoms with Crippen LogP contribution in [0.2, 0.25) is 0 Å². The SMILES string of the molecule is CC(=O)C1CCCC(c2cccc(-c3cc4ccccc4n3C)c2)CC1. The minimum Gasteiger partial charge on any atom is -0.344 e. The van der Waals surface area contributed by atoms with Crippen molar-refractivity contribution in [3.63, 3.8) is 0 Å². The van der Waals surface area contributed by atoms with Crippen LogP contribution < -0.4 is 0 Å². The monoisotopic (exact) mass is 345 g/mol. The van der Waals surface area contributed by atoms with E-state index in [2.05, 4.69) is 66.2 Å². The molecule has 0 saturated heterocycles. The van der Waals surface area contributed by atoms with Crippen LogP contribution in [0.25, 0.3) is 22.2 Å². The molecule has 2 nitrogen and oxygen atoms in total. The van der Waals surface area contributed by atoms with Crippen molar-refractivity contribution >= 4 is 16.7 Å². The Morgan fingerprint density at radius 2 is 1.81 bits per heavy atom. The Balaban J connectivity index is 1.64. The second-order valence-corrected chi connectivity index (χ2v) is 7.79. The molecule has 0 radical (unpaired) electrons. The second kappa shape index (κ2) is 7.11. The molecular weight excluding hydrogens is 318 g/mol. The van der Waals surface area contributed by atoms with E-state index in [0.717, 1.165) is 25.7 Å². The molecule has 0 aliphatic heterocycles. The van der Waals surface area contributed by atoms with Gasteiger partial charge in [-0.05, 0) is 67.9 Å². The highest BCUT2D eigenvalue weighted by Gasteiger charge is 2.23. The van der Waals surface area contributed by atoms with Gasteiger partial charge in [-0.1, -0.05) is 42.8 Å². The van der Waals surface area contributed by atoms with Gasteiger partial charge in [0.2, 0.25) is 0 Å². The lowest BCUT2D eigenvalue weighted by molar-refractivity contribution is -0.121. The molecule has 1 heterocycles. The number of carbonyl (C=O) groups is 1. The number of carbonyl (C=O) groups excluding carboxylic acids is 1. The number of nitrogens with zero attached hydrogens (tertiary/aromatic N) is 1. The number of Topliss-reactive ketones (excluding diaryl/α,β-unsaturated/α-hetero) is 1. The first-order chi connectivity index (χ1) is 12.6. The molecule has 26 heavy (non-hydrogen) atoms. The first kappa shape index (κ1) is 17.1. The zero-order chi connectivity index (χ0) is 18.1. The molecule has 0 spiro atoms. The third-order valence-electron chi connectivity index (χ3n) is 6.15. The maximum atomic E-state index is 11.8. The number of aryl methyl sites for hydroxylation is 1. The minimum absolute atomic E-state index is 0.279. The number of ketones is 1. The van der Waals surface area contributed by atoms with E-state index >= 15 is 0 Å². The van der Waals surface area contributed by atoms with Gasteiger partial charge >= 0.3 is 0 Å². The number of para-hydroxylation sites is 1. The first-order valence-corrected chi connectivity index (χ1v) is 9.78. The lowest BCUT2D eigenvalue weighted by atomic mass is 9.89. The average molecular weight is 345 g/mol. The molecule has 2 atom stereocenters. The number of benzene rings is 2. The van der Waals surface area contributed by atoms with Crippen LogP contribution in [-0.2, 0) is 11.8 Å². The summed E-state index contributed by atoms with van der Waals surface area (Å²) >= 11 is 0. The van der Waals surface area contributed by atoms with Gasteiger partial charge in [-0.2, -0.15) is 0 Å². The molecule has 0 N–H and O–H groups in total. The lowest BCUT2D eigenvalue weighted by Gasteiger charge is -2.16. The molecule has 1 saturated carbocycles. The van der Waals surface area contributed by atoms with E-state index in [-0.39, 0.29) is 5.92 Å². The average Bonchev–Trinajstić information content (AvgIpc) is 2.84. The minimum atomic E-state index is 0.279. The number of fused-ring (bicyclic) bond motifs is 1. The van der Waals surface area contributed by atoms with E-state index in [9.17, 15) is 4.79 Å². The number of aromatic nitrogens is 1. The van der Waals surface area contributed by atoms with Crippen LogP contribution in [0.1, 0.15) is 50.5 Å². The molecule has 2 aromatic carbocycles. The summed E-state index contributed by atoms with van der Waals surface area (Å²) in [4.78, 5) is 11.8. The van der Waals surface area contributed by atoms with Crippen LogP contribution in [0.15, 0.2) is 54.6 Å². The van der Waals surface area contributed by atoms with Crippen molar-refractivity contribution in [3.8, 4) is 11.3 Å². The van der Waals surface area contributed by atoms with E-state index in [4.69, 9.17) is 0 Å². The summed E-state index contributed by atoms with van der Waals surface area (Å²) in [5.74, 6) is 1.23. The molecule has 2 heteroatoms. The van der Waals surface area contributed by atoms with Crippen LogP contribution >= 0.6 is 0 Å². The summed E-state index contributed by atoms with van der Waals surface area (Å²) in [6.07, 6.45) is 5.59. The normalized spacial score (nSPS) is 20.8. The maximum Gasteiger partial charge on any atom is 0.132 e. The highest BCUT2D eigenvalue weighted by atomic mass is 16.1. The van der Waals surface area contributed by atoms with Crippen LogP contribution in [-0.4, -0.2) is 10.4 Å². The largest absolute Gasteiger partial charge is 0.344 e. The Labute approximate surface area is 155 Å². The summed E-state index contributed by atoms with van der Waals surface area (Å²) in [5, 5.41) is 1.29. The number of hydrogen-bond acceptors (Lipinski definition) is 1. The fourth-order valence-corrected chi connectivity index (χ4v) is 4.56. The first-order valence-electron chi connectivity index (χ1n) is 9.78. The van der Waals surface area contributed by atoms with Gasteiger partial charge in [0.1, 0.15) is 5.78 Å². The summed E-state index contributed by atoms with van der Waals surface area (Å²) in [6.45, 7) is 1.76. The Morgan fingerprint density at radius 3 is 2.62 bits per heavy atom. The molecule has 1 aromatic heterocycles. The Bertz CT molecular complexity index is 936. The van der Waals surface area contributed by atoms with Gasteiger partial charge in [-0.15, -0.1) is 0 Å². The topological polar surface area (TPSA) is 22.0 Å².